The lowest BCUT2D eigenvalue weighted by molar-refractivity contribution is -0.103. The van der Waals surface area contributed by atoms with Crippen LogP contribution in [0.5, 0.6) is 11.5 Å². The number of hydrogen-bond acceptors (Lipinski definition) is 9. The van der Waals surface area contributed by atoms with Crippen molar-refractivity contribution >= 4 is 6.09 Å². The van der Waals surface area contributed by atoms with Gasteiger partial charge in [-0.2, -0.15) is 0 Å². The van der Waals surface area contributed by atoms with Crippen molar-refractivity contribution in [1.82, 2.24) is 20.2 Å². The van der Waals surface area contributed by atoms with Crippen molar-refractivity contribution in [3.8, 4) is 11.5 Å². The highest BCUT2D eigenvalue weighted by Crippen LogP contribution is 2.49. The Morgan fingerprint density at radius 2 is 1.70 bits per heavy atom. The molecule has 0 radical (unpaired) electrons. The van der Waals surface area contributed by atoms with Crippen LogP contribution in [0.2, 0.25) is 0 Å². The molecule has 0 saturated carbocycles. The molecule has 0 bridgehead atoms. The van der Waals surface area contributed by atoms with Crippen LogP contribution in [-0.2, 0) is 20.6 Å². The van der Waals surface area contributed by atoms with Crippen molar-refractivity contribution in [3.05, 3.63) is 47.5 Å². The van der Waals surface area contributed by atoms with Gasteiger partial charge in [0.05, 0.1) is 19.8 Å². The predicted molar refractivity (Wildman–Crippen MR) is 178 cm³/mol. The molecule has 2 fully saturated rings. The van der Waals surface area contributed by atoms with Crippen molar-refractivity contribution in [1.29, 1.82) is 0 Å². The van der Waals surface area contributed by atoms with E-state index in [0.717, 1.165) is 73.9 Å². The van der Waals surface area contributed by atoms with Gasteiger partial charge in [-0.25, -0.2) is 4.79 Å². The Balaban J connectivity index is 1.82. The molecule has 4 heterocycles. The number of nitrogens with one attached hydrogen (secondary N) is 1. The number of ether oxygens (including phenoxy) is 5. The lowest BCUT2D eigenvalue weighted by Gasteiger charge is -2.54. The molecular weight excluding hydrogens is 584 g/mol. The van der Waals surface area contributed by atoms with Gasteiger partial charge in [0.15, 0.2) is 0 Å². The molecule has 5 atom stereocenters. The molecule has 10 heteroatoms. The van der Waals surface area contributed by atoms with Gasteiger partial charge in [-0.1, -0.05) is 20.3 Å². The molecule has 2 aromatic heterocycles. The first-order valence-corrected chi connectivity index (χ1v) is 16.9. The number of nitrogens with zero attached hydrogens (tertiary/aromatic N) is 3. The molecule has 2 aliphatic rings. The second-order valence-electron chi connectivity index (χ2n) is 13.7. The average molecular weight is 641 g/mol. The van der Waals surface area contributed by atoms with E-state index in [1.807, 2.05) is 44.1 Å². The van der Waals surface area contributed by atoms with Gasteiger partial charge in [0.1, 0.15) is 29.3 Å². The van der Waals surface area contributed by atoms with Gasteiger partial charge in [0.2, 0.25) is 0 Å². The maximum absolute atomic E-state index is 14.4. The van der Waals surface area contributed by atoms with Crippen LogP contribution in [0.1, 0.15) is 115 Å². The maximum Gasteiger partial charge on any atom is 0.411 e. The second-order valence-corrected chi connectivity index (χ2v) is 13.7. The van der Waals surface area contributed by atoms with E-state index in [1.165, 1.54) is 0 Å². The Hall–Kier alpha value is -2.95. The fourth-order valence-electron chi connectivity index (χ4n) is 7.99. The third kappa shape index (κ3) is 7.14. The molecule has 46 heavy (non-hydrogen) atoms. The third-order valence-electron chi connectivity index (χ3n) is 10.1. The number of rotatable bonds is 12. The van der Waals surface area contributed by atoms with E-state index in [4.69, 9.17) is 28.7 Å². The van der Waals surface area contributed by atoms with Crippen LogP contribution in [0, 0.1) is 0 Å². The third-order valence-corrected chi connectivity index (χ3v) is 10.1. The van der Waals surface area contributed by atoms with Gasteiger partial charge in [0, 0.05) is 67.3 Å². The van der Waals surface area contributed by atoms with Gasteiger partial charge in [-0.3, -0.25) is 14.9 Å². The van der Waals surface area contributed by atoms with Crippen LogP contribution in [0.4, 0.5) is 4.79 Å². The maximum atomic E-state index is 14.4. The monoisotopic (exact) mass is 640 g/mol. The van der Waals surface area contributed by atoms with Gasteiger partial charge in [-0.05, 0) is 84.7 Å². The summed E-state index contributed by atoms with van der Waals surface area (Å²) in [5.41, 5.74) is 1.05. The number of carbonyl (C=O) groups is 1. The molecule has 0 spiro atoms. The summed E-state index contributed by atoms with van der Waals surface area (Å²) in [5.74, 6) is 1.43. The van der Waals surface area contributed by atoms with Crippen LogP contribution in [0.3, 0.4) is 0 Å². The first kappa shape index (κ1) is 35.9. The number of amides is 1. The summed E-state index contributed by atoms with van der Waals surface area (Å²) in [6.45, 7) is 11.0. The molecule has 2 saturated heterocycles. The van der Waals surface area contributed by atoms with Gasteiger partial charge in [0.25, 0.3) is 0 Å². The largest absolute Gasteiger partial charge is 0.496 e. The van der Waals surface area contributed by atoms with E-state index in [-0.39, 0.29) is 23.8 Å². The Morgan fingerprint density at radius 3 is 2.28 bits per heavy atom. The summed E-state index contributed by atoms with van der Waals surface area (Å²) >= 11 is 0. The summed E-state index contributed by atoms with van der Waals surface area (Å²) in [6, 6.07) is 1.63. The predicted octanol–water partition coefficient (Wildman–Crippen LogP) is 6.97. The molecule has 4 rings (SSSR count). The fourth-order valence-corrected chi connectivity index (χ4v) is 7.99. The number of methoxy groups -OCH3 is 4. The number of likely N-dealkylation sites (tertiary alicyclic amines) is 1. The minimum atomic E-state index is -0.720. The number of carbonyl (C=O) groups excluding carboxylic acids is 1. The lowest BCUT2D eigenvalue weighted by atomic mass is 9.74. The second kappa shape index (κ2) is 15.3. The standard InChI is InChI=1S/C36H56N4O6/c1-10-35(17-12-13-19-39-35)31(44-8)28-24-38-22-25(30(28)43-7)21-26-15-14-18-36(11-2,40(26)33(41)46-34(3,4)5)32(45-9)27-23-37-20-16-29(27)42-6/h16,20,22-24,26,31-32,39H,10-15,17-19,21H2,1-9H3/t26?,31-,32-,35+,36+/m0/s1. The fraction of sp³-hybridized carbons (Fsp3) is 0.694. The highest BCUT2D eigenvalue weighted by molar-refractivity contribution is 5.70. The van der Waals surface area contributed by atoms with Crippen molar-refractivity contribution in [2.75, 3.05) is 35.0 Å². The number of piperidine rings is 2. The smallest absolute Gasteiger partial charge is 0.411 e. The number of pyridine rings is 2. The van der Waals surface area contributed by atoms with Crippen molar-refractivity contribution in [3.63, 3.8) is 0 Å². The Morgan fingerprint density at radius 1 is 0.957 bits per heavy atom. The van der Waals surface area contributed by atoms with E-state index in [0.29, 0.717) is 18.6 Å². The summed E-state index contributed by atoms with van der Waals surface area (Å²) in [5, 5.41) is 3.78. The summed E-state index contributed by atoms with van der Waals surface area (Å²) < 4.78 is 30.6. The van der Waals surface area contributed by atoms with E-state index < -0.39 is 17.2 Å². The van der Waals surface area contributed by atoms with Gasteiger partial charge < -0.3 is 29.0 Å². The van der Waals surface area contributed by atoms with Crippen molar-refractivity contribution in [2.24, 2.45) is 0 Å². The van der Waals surface area contributed by atoms with E-state index in [2.05, 4.69) is 24.1 Å². The average Bonchev–Trinajstić information content (AvgIpc) is 3.05. The number of hydrogen-bond donors (Lipinski definition) is 1. The summed E-state index contributed by atoms with van der Waals surface area (Å²) in [6.07, 6.45) is 14.0. The van der Waals surface area contributed by atoms with Crippen LogP contribution in [-0.4, -0.2) is 78.7 Å². The molecule has 0 aromatic carbocycles. The van der Waals surface area contributed by atoms with Crippen molar-refractivity contribution < 1.29 is 28.5 Å². The van der Waals surface area contributed by atoms with E-state index in [1.54, 1.807) is 40.8 Å². The zero-order chi connectivity index (χ0) is 33.5. The molecule has 10 nitrogen and oxygen atoms in total. The van der Waals surface area contributed by atoms with E-state index in [9.17, 15) is 4.79 Å². The van der Waals surface area contributed by atoms with Gasteiger partial charge >= 0.3 is 6.09 Å². The van der Waals surface area contributed by atoms with Crippen LogP contribution < -0.4 is 14.8 Å². The molecule has 0 aliphatic carbocycles. The summed E-state index contributed by atoms with van der Waals surface area (Å²) in [4.78, 5) is 25.5. The SMILES string of the molecule is CC[C@]1([C@@H](OC)c2cncc(CC3CCC[C@](CC)([C@@H](OC)c4cnccc4OC)N3C(=O)OC(C)(C)C)c2OC)CCCCN1. The van der Waals surface area contributed by atoms with Gasteiger partial charge in [-0.15, -0.1) is 0 Å². The topological polar surface area (TPSA) is 104 Å². The quantitative estimate of drug-likeness (QED) is 0.263. The van der Waals surface area contributed by atoms with Crippen molar-refractivity contribution in [2.45, 2.75) is 127 Å². The molecule has 2 aliphatic heterocycles. The van der Waals surface area contributed by atoms with Crippen LogP contribution in [0.15, 0.2) is 30.9 Å². The molecule has 256 valence electrons. The minimum Gasteiger partial charge on any atom is -0.496 e. The number of aromatic nitrogens is 2. The first-order chi connectivity index (χ1) is 22.0. The molecule has 1 amide bonds. The zero-order valence-corrected chi connectivity index (χ0v) is 29.5. The molecule has 1 N–H and O–H groups in total. The Labute approximate surface area is 275 Å². The zero-order valence-electron chi connectivity index (χ0n) is 29.5. The molecular formula is C36H56N4O6. The molecule has 2 aromatic rings. The molecule has 1 unspecified atom stereocenters. The first-order valence-electron chi connectivity index (χ1n) is 16.9. The van der Waals surface area contributed by atoms with Crippen LogP contribution in [0.25, 0.3) is 0 Å². The Bertz CT molecular complexity index is 1290. The van der Waals surface area contributed by atoms with E-state index >= 15 is 0 Å². The summed E-state index contributed by atoms with van der Waals surface area (Å²) in [7, 11) is 6.81. The highest BCUT2D eigenvalue weighted by Gasteiger charge is 2.53. The normalized spacial score (nSPS) is 25.1. The Kier molecular flexibility index (Phi) is 11.9. The lowest BCUT2D eigenvalue weighted by Crippen LogP contribution is -2.63. The minimum absolute atomic E-state index is 0.205. The highest BCUT2D eigenvalue weighted by atomic mass is 16.6. The van der Waals surface area contributed by atoms with Crippen LogP contribution >= 0.6 is 0 Å².